The highest BCUT2D eigenvalue weighted by Crippen LogP contribution is 2.25. The lowest BCUT2D eigenvalue weighted by atomic mass is 10.3. The Hall–Kier alpha value is -1.53. The van der Waals surface area contributed by atoms with Crippen molar-refractivity contribution in [2.45, 2.75) is 6.54 Å². The number of anilines is 1. The van der Waals surface area contributed by atoms with Crippen molar-refractivity contribution in [2.75, 3.05) is 63.3 Å². The van der Waals surface area contributed by atoms with Crippen LogP contribution < -0.4 is 4.90 Å². The molecule has 27 heavy (non-hydrogen) atoms. The SMILES string of the molecule is O=[SH](=O)CN1CCN(Cc2nc3c(N4CCOCC4)nc(Cl)nc3[nH]2)CC1. The highest BCUT2D eigenvalue weighted by molar-refractivity contribution is 7.72. The predicted molar refractivity (Wildman–Crippen MR) is 102 cm³/mol. The molecular formula is C15H22ClN7O3S. The number of halogens is 1. The van der Waals surface area contributed by atoms with Crippen LogP contribution in [0.4, 0.5) is 5.82 Å². The first-order valence-electron chi connectivity index (χ1n) is 8.90. The van der Waals surface area contributed by atoms with Gasteiger partial charge >= 0.3 is 0 Å². The third-order valence-corrected chi connectivity index (χ3v) is 5.61. The summed E-state index contributed by atoms with van der Waals surface area (Å²) in [5, 5.41) is 0.194. The molecule has 2 saturated heterocycles. The van der Waals surface area contributed by atoms with Gasteiger partial charge in [-0.2, -0.15) is 9.97 Å². The van der Waals surface area contributed by atoms with Gasteiger partial charge < -0.3 is 14.6 Å². The summed E-state index contributed by atoms with van der Waals surface area (Å²) in [6, 6.07) is 0. The lowest BCUT2D eigenvalue weighted by Gasteiger charge is -2.32. The molecule has 2 aliphatic heterocycles. The maximum absolute atomic E-state index is 10.9. The van der Waals surface area contributed by atoms with E-state index in [1.165, 1.54) is 0 Å². The zero-order chi connectivity index (χ0) is 18.8. The Kier molecular flexibility index (Phi) is 5.74. The molecule has 0 amide bonds. The molecule has 1 N–H and O–H groups in total. The molecule has 2 aromatic heterocycles. The number of rotatable bonds is 5. The monoisotopic (exact) mass is 415 g/mol. The highest BCUT2D eigenvalue weighted by Gasteiger charge is 2.22. The van der Waals surface area contributed by atoms with Gasteiger partial charge in [-0.05, 0) is 11.6 Å². The number of H-pyrrole nitrogens is 1. The van der Waals surface area contributed by atoms with E-state index in [-0.39, 0.29) is 11.2 Å². The van der Waals surface area contributed by atoms with Gasteiger partial charge in [0, 0.05) is 39.3 Å². The number of piperazine rings is 1. The molecule has 0 spiro atoms. The second kappa shape index (κ2) is 8.23. The van der Waals surface area contributed by atoms with Gasteiger partial charge in [0.2, 0.25) is 5.28 Å². The van der Waals surface area contributed by atoms with Gasteiger partial charge in [-0.1, -0.05) is 0 Å². The van der Waals surface area contributed by atoms with Gasteiger partial charge in [0.25, 0.3) is 0 Å². The number of thiol groups is 1. The van der Waals surface area contributed by atoms with Crippen LogP contribution in [-0.4, -0.2) is 96.5 Å². The molecule has 4 heterocycles. The van der Waals surface area contributed by atoms with E-state index in [4.69, 9.17) is 21.3 Å². The van der Waals surface area contributed by atoms with E-state index >= 15 is 0 Å². The van der Waals surface area contributed by atoms with Crippen molar-refractivity contribution in [3.63, 3.8) is 0 Å². The van der Waals surface area contributed by atoms with Crippen LogP contribution in [0.15, 0.2) is 0 Å². The largest absolute Gasteiger partial charge is 0.378 e. The van der Waals surface area contributed by atoms with E-state index in [0.29, 0.717) is 25.4 Å². The summed E-state index contributed by atoms with van der Waals surface area (Å²) in [6.07, 6.45) is 0. The lowest BCUT2D eigenvalue weighted by Crippen LogP contribution is -2.46. The summed E-state index contributed by atoms with van der Waals surface area (Å²) in [5.74, 6) is 1.67. The van der Waals surface area contributed by atoms with Gasteiger partial charge in [-0.25, -0.2) is 13.4 Å². The Morgan fingerprint density at radius 2 is 1.70 bits per heavy atom. The van der Waals surface area contributed by atoms with E-state index in [1.54, 1.807) is 0 Å². The van der Waals surface area contributed by atoms with E-state index in [2.05, 4.69) is 24.8 Å². The molecule has 0 unspecified atom stereocenters. The van der Waals surface area contributed by atoms with Crippen LogP contribution in [0.5, 0.6) is 0 Å². The van der Waals surface area contributed by atoms with Crippen molar-refractivity contribution in [3.05, 3.63) is 11.1 Å². The Labute approximate surface area is 163 Å². The Morgan fingerprint density at radius 3 is 2.41 bits per heavy atom. The number of hydrogen-bond donors (Lipinski definition) is 2. The number of fused-ring (bicyclic) bond motifs is 1. The molecule has 4 rings (SSSR count). The average Bonchev–Trinajstić information content (AvgIpc) is 3.05. The van der Waals surface area contributed by atoms with Crippen LogP contribution in [0.2, 0.25) is 5.28 Å². The number of nitrogens with one attached hydrogen (secondary N) is 1. The van der Waals surface area contributed by atoms with Crippen molar-refractivity contribution < 1.29 is 13.2 Å². The third kappa shape index (κ3) is 4.49. The maximum atomic E-state index is 10.9. The predicted octanol–water partition coefficient (Wildman–Crippen LogP) is -0.471. The minimum absolute atomic E-state index is 0.130. The van der Waals surface area contributed by atoms with Gasteiger partial charge in [-0.15, -0.1) is 0 Å². The van der Waals surface area contributed by atoms with Crippen molar-refractivity contribution in [2.24, 2.45) is 0 Å². The van der Waals surface area contributed by atoms with Gasteiger partial charge in [0.15, 0.2) is 27.7 Å². The summed E-state index contributed by atoms with van der Waals surface area (Å²) >= 11 is 6.11. The van der Waals surface area contributed by atoms with E-state index in [1.807, 2.05) is 4.90 Å². The second-order valence-electron chi connectivity index (χ2n) is 6.66. The summed E-state index contributed by atoms with van der Waals surface area (Å²) in [4.78, 5) is 22.9. The highest BCUT2D eigenvalue weighted by atomic mass is 35.5. The van der Waals surface area contributed by atoms with Crippen molar-refractivity contribution in [3.8, 4) is 0 Å². The summed E-state index contributed by atoms with van der Waals surface area (Å²) in [6.45, 7) is 6.49. The fraction of sp³-hybridized carbons (Fsp3) is 0.667. The third-order valence-electron chi connectivity index (χ3n) is 4.81. The molecule has 0 aromatic carbocycles. The topological polar surface area (TPSA) is 108 Å². The Morgan fingerprint density at radius 1 is 1.00 bits per heavy atom. The minimum Gasteiger partial charge on any atom is -0.378 e. The van der Waals surface area contributed by atoms with E-state index < -0.39 is 10.7 Å². The van der Waals surface area contributed by atoms with Crippen molar-refractivity contribution >= 4 is 39.3 Å². The normalized spacial score (nSPS) is 20.0. The molecule has 2 fully saturated rings. The number of imidazole rings is 1. The van der Waals surface area contributed by atoms with Crippen LogP contribution in [0.25, 0.3) is 11.2 Å². The number of hydrogen-bond acceptors (Lipinski definition) is 9. The summed E-state index contributed by atoms with van der Waals surface area (Å²) < 4.78 is 27.1. The maximum Gasteiger partial charge on any atom is 0.226 e. The average molecular weight is 416 g/mol. The van der Waals surface area contributed by atoms with Crippen LogP contribution in [0.3, 0.4) is 0 Å². The van der Waals surface area contributed by atoms with E-state index in [9.17, 15) is 8.42 Å². The zero-order valence-corrected chi connectivity index (χ0v) is 16.5. The fourth-order valence-corrected chi connectivity index (χ4v) is 4.21. The molecule has 0 bridgehead atoms. The fourth-order valence-electron chi connectivity index (χ4n) is 3.44. The summed E-state index contributed by atoms with van der Waals surface area (Å²) in [7, 11) is -2.37. The lowest BCUT2D eigenvalue weighted by molar-refractivity contribution is 0.122. The van der Waals surface area contributed by atoms with Crippen molar-refractivity contribution in [1.82, 2.24) is 29.7 Å². The zero-order valence-electron chi connectivity index (χ0n) is 14.8. The second-order valence-corrected chi connectivity index (χ2v) is 7.95. The minimum atomic E-state index is -2.37. The van der Waals surface area contributed by atoms with Gasteiger partial charge in [-0.3, -0.25) is 9.80 Å². The first-order valence-corrected chi connectivity index (χ1v) is 10.6. The molecule has 12 heteroatoms. The number of nitrogens with zero attached hydrogens (tertiary/aromatic N) is 6. The number of aromatic amines is 1. The standard InChI is InChI=1S/C15H22ClN7O3S/c16-15-19-13-12(14(20-15)23-5-7-26-8-6-23)17-11(18-13)9-21-1-3-22(4-2-21)10-27(24)25/h27H,1-10H2,(H,17,18,19,20). The molecule has 0 atom stereocenters. The molecule has 148 valence electrons. The first-order chi connectivity index (χ1) is 13.1. The first kappa shape index (κ1) is 18.8. The van der Waals surface area contributed by atoms with Crippen LogP contribution >= 0.6 is 11.6 Å². The van der Waals surface area contributed by atoms with Crippen molar-refractivity contribution in [1.29, 1.82) is 0 Å². The summed E-state index contributed by atoms with van der Waals surface area (Å²) in [5.41, 5.74) is 1.35. The molecule has 0 aliphatic carbocycles. The number of aromatic nitrogens is 4. The smallest absolute Gasteiger partial charge is 0.226 e. The molecule has 2 aromatic rings. The number of ether oxygens (including phenoxy) is 1. The van der Waals surface area contributed by atoms with Crippen LogP contribution in [0, 0.1) is 0 Å². The molecule has 10 nitrogen and oxygen atoms in total. The molecule has 0 radical (unpaired) electrons. The Bertz CT molecular complexity index is 868. The van der Waals surface area contributed by atoms with E-state index in [0.717, 1.165) is 56.4 Å². The van der Waals surface area contributed by atoms with Gasteiger partial charge in [0.1, 0.15) is 5.82 Å². The number of morpholine rings is 1. The van der Waals surface area contributed by atoms with Gasteiger partial charge in [0.05, 0.1) is 25.6 Å². The molecular weight excluding hydrogens is 394 g/mol. The molecule has 2 aliphatic rings. The van der Waals surface area contributed by atoms with Crippen LogP contribution in [0.1, 0.15) is 5.82 Å². The Balaban J connectivity index is 1.49. The quantitative estimate of drug-likeness (QED) is 0.495. The van der Waals surface area contributed by atoms with Crippen LogP contribution in [-0.2, 0) is 22.0 Å². The molecule has 0 saturated carbocycles.